The molecule has 3 aliphatic rings. The van der Waals surface area contributed by atoms with Gasteiger partial charge in [-0.15, -0.1) is 11.3 Å². The fraction of sp³-hybridized carbons (Fsp3) is 0.610. The molecule has 2 saturated carbocycles. The number of ether oxygens (including phenoxy) is 3. The smallest absolute Gasteiger partial charge is 0.408 e. The van der Waals surface area contributed by atoms with Gasteiger partial charge in [0.25, 0.3) is 5.92 Å². The van der Waals surface area contributed by atoms with Crippen molar-refractivity contribution in [2.75, 3.05) is 19.0 Å². The second-order valence-corrected chi connectivity index (χ2v) is 18.3. The summed E-state index contributed by atoms with van der Waals surface area (Å²) < 4.78 is 45.4. The molecule has 18 heteroatoms. The molecule has 0 radical (unpaired) electrons. The first-order valence-electron chi connectivity index (χ1n) is 20.0. The van der Waals surface area contributed by atoms with Crippen molar-refractivity contribution in [1.29, 1.82) is 0 Å². The number of methoxy groups -OCH3 is 1. The van der Waals surface area contributed by atoms with Crippen LogP contribution in [0.15, 0.2) is 23.6 Å². The SMILES string of the molecule is CCC(CC)C(NC(=O)[C@@H]1C[C@@H](Oc2cc(-c3csc(NC(C)C)n3)nc3c(Cl)c(OC)ccc23)CN1C(=O)[C@@H](NC(=O)O[C@H]1C[C@@H]2[C@H](C1)C2(F)F)C(C)(C)C)C(=O)O. The third kappa shape index (κ3) is 9.30. The number of halogens is 3. The zero-order valence-electron chi connectivity index (χ0n) is 34.4. The van der Waals surface area contributed by atoms with Gasteiger partial charge in [0.15, 0.2) is 5.13 Å². The molecule has 4 N–H and O–H groups in total. The largest absolute Gasteiger partial charge is 0.495 e. The lowest BCUT2D eigenvalue weighted by molar-refractivity contribution is -0.146. The molecule has 0 bridgehead atoms. The number of benzene rings is 1. The number of carboxylic acids is 1. The number of nitrogens with one attached hydrogen (secondary N) is 3. The Morgan fingerprint density at radius 2 is 1.69 bits per heavy atom. The Morgan fingerprint density at radius 3 is 2.29 bits per heavy atom. The molecule has 3 amide bonds. The lowest BCUT2D eigenvalue weighted by atomic mass is 9.85. The highest BCUT2D eigenvalue weighted by Gasteiger charge is 2.72. The van der Waals surface area contributed by atoms with Crippen LogP contribution in [0.4, 0.5) is 18.7 Å². The van der Waals surface area contributed by atoms with Crippen LogP contribution in [-0.2, 0) is 19.1 Å². The van der Waals surface area contributed by atoms with E-state index >= 15 is 0 Å². The van der Waals surface area contributed by atoms with E-state index in [4.69, 9.17) is 35.8 Å². The van der Waals surface area contributed by atoms with E-state index in [1.54, 1.807) is 39.0 Å². The number of carbonyl (C=O) groups is 4. The number of hydrogen-bond donors (Lipinski definition) is 4. The van der Waals surface area contributed by atoms with Crippen LogP contribution in [0.2, 0.25) is 5.02 Å². The Labute approximate surface area is 351 Å². The van der Waals surface area contributed by atoms with Crippen LogP contribution in [0.1, 0.15) is 80.6 Å². The van der Waals surface area contributed by atoms with Crippen LogP contribution < -0.4 is 25.4 Å². The first kappa shape index (κ1) is 44.1. The standard InChI is InChI=1S/C41H53ClF2N6O8S/c1-9-20(10-2)32(37(53)54)48-35(51)28-15-22(17-50(28)36(52)34(40(5,6)7)49-39(55)58-21-13-24-25(14-21)41(24,43)44)57-30-16-26(27-18-59-38(47-27)45-19(3)4)46-33-23(30)11-12-29(56-8)31(33)42/h11-12,16,18-22,24-25,28,32,34H,9-10,13-15,17H2,1-8H3,(H,45,47)(H,48,51)(H,49,55)(H,53,54)/t21-,22-,24+,25-,28+,32?,34-/m1/s1. The van der Waals surface area contributed by atoms with Gasteiger partial charge in [-0.1, -0.05) is 59.1 Å². The van der Waals surface area contributed by atoms with Gasteiger partial charge in [-0.25, -0.2) is 28.3 Å². The summed E-state index contributed by atoms with van der Waals surface area (Å²) in [6, 6.07) is 1.63. The minimum Gasteiger partial charge on any atom is -0.495 e. The molecule has 322 valence electrons. The first-order chi connectivity index (χ1) is 27.8. The zero-order chi connectivity index (χ0) is 43.1. The van der Waals surface area contributed by atoms with E-state index in [2.05, 4.69) is 16.0 Å². The number of likely N-dealkylation sites (tertiary alicyclic amines) is 1. The predicted octanol–water partition coefficient (Wildman–Crippen LogP) is 7.38. The number of carboxylic acid groups (broad SMARTS) is 1. The number of amides is 3. The maximum absolute atomic E-state index is 14.7. The van der Waals surface area contributed by atoms with E-state index < -0.39 is 77.4 Å². The molecule has 2 aromatic heterocycles. The maximum atomic E-state index is 14.7. The fourth-order valence-electron chi connectivity index (χ4n) is 8.23. The summed E-state index contributed by atoms with van der Waals surface area (Å²) in [6.45, 7) is 12.8. The van der Waals surface area contributed by atoms with Crippen LogP contribution in [0.25, 0.3) is 22.3 Å². The molecule has 2 aliphatic carbocycles. The van der Waals surface area contributed by atoms with Crippen LogP contribution in [0.5, 0.6) is 11.5 Å². The Morgan fingerprint density at radius 1 is 1.02 bits per heavy atom. The summed E-state index contributed by atoms with van der Waals surface area (Å²) in [7, 11) is 1.49. The van der Waals surface area contributed by atoms with Crippen molar-refractivity contribution in [2.24, 2.45) is 23.2 Å². The van der Waals surface area contributed by atoms with Gasteiger partial charge in [-0.05, 0) is 50.2 Å². The molecular weight excluding hydrogens is 810 g/mol. The number of alkyl carbamates (subject to hydrolysis) is 1. The van der Waals surface area contributed by atoms with Crippen molar-refractivity contribution in [3.05, 3.63) is 28.6 Å². The summed E-state index contributed by atoms with van der Waals surface area (Å²) in [6.07, 6.45) is -1.43. The Kier molecular flexibility index (Phi) is 12.9. The summed E-state index contributed by atoms with van der Waals surface area (Å²) in [5, 5.41) is 22.1. The Hall–Kier alpha value is -4.51. The van der Waals surface area contributed by atoms with Crippen LogP contribution >= 0.6 is 22.9 Å². The van der Waals surface area contributed by atoms with E-state index in [0.29, 0.717) is 51.8 Å². The molecule has 6 rings (SSSR count). The second kappa shape index (κ2) is 17.2. The van der Waals surface area contributed by atoms with Gasteiger partial charge in [0.1, 0.15) is 52.5 Å². The minimum atomic E-state index is -2.74. The molecule has 59 heavy (non-hydrogen) atoms. The molecule has 3 fully saturated rings. The van der Waals surface area contributed by atoms with Crippen LogP contribution in [0.3, 0.4) is 0 Å². The van der Waals surface area contributed by atoms with Crippen molar-refractivity contribution in [2.45, 2.75) is 123 Å². The molecule has 1 unspecified atom stereocenters. The third-order valence-corrected chi connectivity index (χ3v) is 12.7. The Bertz CT molecular complexity index is 2060. The number of thiazole rings is 1. The second-order valence-electron chi connectivity index (χ2n) is 17.0. The van der Waals surface area contributed by atoms with E-state index in [-0.39, 0.29) is 42.8 Å². The van der Waals surface area contributed by atoms with Crippen LogP contribution in [0, 0.1) is 23.2 Å². The lowest BCUT2D eigenvalue weighted by Gasteiger charge is -2.35. The van der Waals surface area contributed by atoms with Gasteiger partial charge in [0.2, 0.25) is 11.8 Å². The number of aliphatic carboxylic acids is 1. The summed E-state index contributed by atoms with van der Waals surface area (Å²) in [5.74, 6) is -6.54. The number of hydrogen-bond acceptors (Lipinski definition) is 11. The number of alkyl halides is 2. The predicted molar refractivity (Wildman–Crippen MR) is 219 cm³/mol. The number of pyridine rings is 1. The summed E-state index contributed by atoms with van der Waals surface area (Å²) in [4.78, 5) is 65.4. The highest BCUT2D eigenvalue weighted by Crippen LogP contribution is 2.64. The average Bonchev–Trinajstić information content (AvgIpc) is 3.74. The minimum absolute atomic E-state index is 0.0323. The number of carbonyl (C=O) groups excluding carboxylic acids is 3. The molecule has 1 aliphatic heterocycles. The monoisotopic (exact) mass is 862 g/mol. The molecule has 14 nitrogen and oxygen atoms in total. The van der Waals surface area contributed by atoms with Gasteiger partial charge >= 0.3 is 12.1 Å². The maximum Gasteiger partial charge on any atom is 0.408 e. The molecule has 0 spiro atoms. The normalized spacial score (nSPS) is 23.1. The highest BCUT2D eigenvalue weighted by molar-refractivity contribution is 7.14. The molecule has 3 heterocycles. The molecular formula is C41H53ClF2N6O8S. The fourth-order valence-corrected chi connectivity index (χ4v) is 9.36. The zero-order valence-corrected chi connectivity index (χ0v) is 36.0. The van der Waals surface area contributed by atoms with Crippen molar-refractivity contribution < 1.29 is 47.3 Å². The lowest BCUT2D eigenvalue weighted by Crippen LogP contribution is -2.59. The summed E-state index contributed by atoms with van der Waals surface area (Å²) in [5.41, 5.74) is 0.463. The Balaban J connectivity index is 1.32. The molecule has 1 saturated heterocycles. The van der Waals surface area contributed by atoms with Gasteiger partial charge in [0, 0.05) is 41.1 Å². The van der Waals surface area contributed by atoms with E-state index in [1.807, 2.05) is 33.1 Å². The third-order valence-electron chi connectivity index (χ3n) is 11.5. The van der Waals surface area contributed by atoms with Crippen molar-refractivity contribution in [3.63, 3.8) is 0 Å². The number of aromatic nitrogens is 2. The first-order valence-corrected chi connectivity index (χ1v) is 21.3. The van der Waals surface area contributed by atoms with Crippen LogP contribution in [-0.4, -0.2) is 99.8 Å². The van der Waals surface area contributed by atoms with Gasteiger partial charge in [0.05, 0.1) is 24.9 Å². The van der Waals surface area contributed by atoms with Gasteiger partial charge < -0.3 is 40.2 Å². The number of fused-ring (bicyclic) bond motifs is 2. The van der Waals surface area contributed by atoms with E-state index in [9.17, 15) is 33.1 Å². The van der Waals surface area contributed by atoms with E-state index in [0.717, 1.165) is 0 Å². The number of rotatable bonds is 15. The van der Waals surface area contributed by atoms with Crippen molar-refractivity contribution in [1.82, 2.24) is 25.5 Å². The van der Waals surface area contributed by atoms with Crippen molar-refractivity contribution >= 4 is 62.8 Å². The number of nitrogens with zero attached hydrogens (tertiary/aromatic N) is 3. The van der Waals surface area contributed by atoms with Crippen molar-refractivity contribution in [3.8, 4) is 22.9 Å². The highest BCUT2D eigenvalue weighted by atomic mass is 35.5. The molecule has 3 aromatic rings. The van der Waals surface area contributed by atoms with E-state index in [1.165, 1.54) is 23.3 Å². The topological polar surface area (TPSA) is 181 Å². The quantitative estimate of drug-likeness (QED) is 0.120. The molecule has 7 atom stereocenters. The molecule has 1 aromatic carbocycles. The average molecular weight is 863 g/mol. The number of anilines is 1. The summed E-state index contributed by atoms with van der Waals surface area (Å²) >= 11 is 8.21. The van der Waals surface area contributed by atoms with Gasteiger partial charge in [-0.2, -0.15) is 0 Å². The van der Waals surface area contributed by atoms with Gasteiger partial charge in [-0.3, -0.25) is 9.59 Å².